The Kier molecular flexibility index (Phi) is 5.31. The van der Waals surface area contributed by atoms with E-state index in [1.165, 1.54) is 0 Å². The van der Waals surface area contributed by atoms with Gasteiger partial charge in [-0.3, -0.25) is 0 Å². The van der Waals surface area contributed by atoms with E-state index in [1.54, 1.807) is 0 Å². The minimum atomic E-state index is -0.856. The maximum Gasteiger partial charge on any atom is 0.141 e. The summed E-state index contributed by atoms with van der Waals surface area (Å²) in [6, 6.07) is 11.9. The molecule has 1 N–H and O–H groups in total. The summed E-state index contributed by atoms with van der Waals surface area (Å²) in [4.78, 5) is 0. The van der Waals surface area contributed by atoms with Gasteiger partial charge in [-0.25, -0.2) is 0 Å². The van der Waals surface area contributed by atoms with E-state index in [0.717, 1.165) is 12.0 Å². The lowest BCUT2D eigenvalue weighted by molar-refractivity contribution is 0.202. The summed E-state index contributed by atoms with van der Waals surface area (Å²) in [6.45, 7) is 2.06. The number of rotatable bonds is 5. The first-order valence-electron chi connectivity index (χ1n) is 5.57. The molecule has 0 fully saturated rings. The van der Waals surface area contributed by atoms with E-state index in [0.29, 0.717) is 6.42 Å². The van der Waals surface area contributed by atoms with Crippen molar-refractivity contribution in [2.75, 3.05) is 0 Å². The Bertz CT molecular complexity index is 364. The van der Waals surface area contributed by atoms with Crippen molar-refractivity contribution < 1.29 is 5.11 Å². The average Bonchev–Trinajstić information content (AvgIpc) is 2.35. The molecule has 0 aliphatic heterocycles. The number of aliphatic hydroxyl groups is 1. The van der Waals surface area contributed by atoms with Crippen LogP contribution in [0.2, 0.25) is 0 Å². The van der Waals surface area contributed by atoms with Crippen LogP contribution in [0, 0.1) is 17.2 Å². The molecule has 0 bridgehead atoms. The van der Waals surface area contributed by atoms with Gasteiger partial charge in [0.05, 0.1) is 6.07 Å². The fraction of sp³-hybridized carbons (Fsp3) is 0.357. The number of nitriles is 1. The quantitative estimate of drug-likeness (QED) is 0.767. The van der Waals surface area contributed by atoms with Gasteiger partial charge in [-0.05, 0) is 24.3 Å². The SMILES string of the molecule is CCC(/C=C/c1ccccc1)C[C@H](O)C#N. The second-order valence-electron chi connectivity index (χ2n) is 3.82. The maximum atomic E-state index is 9.26. The molecule has 0 amide bonds. The third-order valence-corrected chi connectivity index (χ3v) is 2.56. The summed E-state index contributed by atoms with van der Waals surface area (Å²) in [5, 5.41) is 17.8. The average molecular weight is 215 g/mol. The number of benzene rings is 1. The van der Waals surface area contributed by atoms with Crippen LogP contribution in [0.1, 0.15) is 25.3 Å². The molecule has 0 saturated carbocycles. The van der Waals surface area contributed by atoms with Gasteiger partial charge < -0.3 is 5.11 Å². The standard InChI is InChI=1S/C14H17NO/c1-2-12(10-14(16)11-15)8-9-13-6-4-3-5-7-13/h3-9,12,14,16H,2,10H2,1H3/b9-8+/t12?,14-/m0/s1. The van der Waals surface area contributed by atoms with E-state index in [2.05, 4.69) is 13.0 Å². The first-order chi connectivity index (χ1) is 7.76. The van der Waals surface area contributed by atoms with Crippen molar-refractivity contribution in [1.29, 1.82) is 5.26 Å². The molecule has 0 spiro atoms. The highest BCUT2D eigenvalue weighted by Crippen LogP contribution is 2.14. The summed E-state index contributed by atoms with van der Waals surface area (Å²) in [6.07, 6.45) is 4.69. The lowest BCUT2D eigenvalue weighted by Gasteiger charge is -2.10. The van der Waals surface area contributed by atoms with Gasteiger partial charge in [-0.1, -0.05) is 49.4 Å². The molecule has 1 unspecified atom stereocenters. The van der Waals surface area contributed by atoms with E-state index in [9.17, 15) is 5.11 Å². The Morgan fingerprint density at radius 1 is 1.38 bits per heavy atom. The topological polar surface area (TPSA) is 44.0 Å². The minimum Gasteiger partial charge on any atom is -0.378 e. The van der Waals surface area contributed by atoms with Crippen molar-refractivity contribution in [3.05, 3.63) is 42.0 Å². The van der Waals surface area contributed by atoms with Crippen LogP contribution in [0.15, 0.2) is 36.4 Å². The highest BCUT2D eigenvalue weighted by Gasteiger charge is 2.08. The number of aliphatic hydroxyl groups excluding tert-OH is 1. The smallest absolute Gasteiger partial charge is 0.141 e. The van der Waals surface area contributed by atoms with Crippen molar-refractivity contribution in [2.45, 2.75) is 25.9 Å². The summed E-state index contributed by atoms with van der Waals surface area (Å²) < 4.78 is 0. The zero-order valence-electron chi connectivity index (χ0n) is 9.50. The van der Waals surface area contributed by atoms with Crippen LogP contribution in [0.3, 0.4) is 0 Å². The highest BCUT2D eigenvalue weighted by atomic mass is 16.3. The lowest BCUT2D eigenvalue weighted by Crippen LogP contribution is -2.08. The fourth-order valence-corrected chi connectivity index (χ4v) is 1.53. The van der Waals surface area contributed by atoms with Gasteiger partial charge >= 0.3 is 0 Å². The summed E-state index contributed by atoms with van der Waals surface area (Å²) in [5.41, 5.74) is 1.15. The Hall–Kier alpha value is -1.59. The molecule has 16 heavy (non-hydrogen) atoms. The highest BCUT2D eigenvalue weighted by molar-refractivity contribution is 5.48. The molecular formula is C14H17NO. The van der Waals surface area contributed by atoms with Crippen molar-refractivity contribution >= 4 is 6.08 Å². The van der Waals surface area contributed by atoms with Crippen LogP contribution in [0.4, 0.5) is 0 Å². The molecule has 2 heteroatoms. The second-order valence-corrected chi connectivity index (χ2v) is 3.82. The zero-order valence-corrected chi connectivity index (χ0v) is 9.50. The van der Waals surface area contributed by atoms with Crippen molar-refractivity contribution in [1.82, 2.24) is 0 Å². The Morgan fingerprint density at radius 3 is 2.62 bits per heavy atom. The molecular weight excluding hydrogens is 198 g/mol. The minimum absolute atomic E-state index is 0.259. The van der Waals surface area contributed by atoms with Crippen molar-refractivity contribution in [3.8, 4) is 6.07 Å². The third-order valence-electron chi connectivity index (χ3n) is 2.56. The van der Waals surface area contributed by atoms with Crippen molar-refractivity contribution in [2.24, 2.45) is 5.92 Å². The van der Waals surface area contributed by atoms with E-state index in [4.69, 9.17) is 5.26 Å². The monoisotopic (exact) mass is 215 g/mol. The van der Waals surface area contributed by atoms with Crippen LogP contribution in [-0.4, -0.2) is 11.2 Å². The van der Waals surface area contributed by atoms with Crippen LogP contribution in [0.25, 0.3) is 6.08 Å². The van der Waals surface area contributed by atoms with Crippen molar-refractivity contribution in [3.63, 3.8) is 0 Å². The van der Waals surface area contributed by atoms with E-state index >= 15 is 0 Å². The molecule has 0 aromatic heterocycles. The zero-order chi connectivity index (χ0) is 11.8. The molecule has 2 nitrogen and oxygen atoms in total. The van der Waals surface area contributed by atoms with Gasteiger partial charge in [0.2, 0.25) is 0 Å². The summed E-state index contributed by atoms with van der Waals surface area (Å²) >= 11 is 0. The first kappa shape index (κ1) is 12.5. The molecule has 1 aromatic rings. The van der Waals surface area contributed by atoms with Gasteiger partial charge in [-0.2, -0.15) is 5.26 Å². The van der Waals surface area contributed by atoms with E-state index in [-0.39, 0.29) is 5.92 Å². The van der Waals surface area contributed by atoms with Gasteiger partial charge in [0.25, 0.3) is 0 Å². The van der Waals surface area contributed by atoms with Crippen LogP contribution < -0.4 is 0 Å². The third kappa shape index (κ3) is 4.29. The lowest BCUT2D eigenvalue weighted by atomic mass is 9.98. The first-order valence-corrected chi connectivity index (χ1v) is 5.57. The van der Waals surface area contributed by atoms with E-state index in [1.807, 2.05) is 42.5 Å². The Labute approximate surface area is 96.8 Å². The molecule has 84 valence electrons. The number of hydrogen-bond donors (Lipinski definition) is 1. The van der Waals surface area contributed by atoms with Crippen LogP contribution in [0.5, 0.6) is 0 Å². The van der Waals surface area contributed by atoms with E-state index < -0.39 is 6.10 Å². The van der Waals surface area contributed by atoms with Crippen LogP contribution in [-0.2, 0) is 0 Å². The molecule has 2 atom stereocenters. The Balaban J connectivity index is 2.57. The van der Waals surface area contributed by atoms with Gasteiger partial charge in [0, 0.05) is 0 Å². The molecule has 0 aliphatic rings. The maximum absolute atomic E-state index is 9.26. The molecule has 0 saturated heterocycles. The number of allylic oxidation sites excluding steroid dienone is 1. The predicted octanol–water partition coefficient (Wildman–Crippen LogP) is 3.00. The second kappa shape index (κ2) is 6.81. The molecule has 0 heterocycles. The predicted molar refractivity (Wildman–Crippen MR) is 65.5 cm³/mol. The van der Waals surface area contributed by atoms with Gasteiger partial charge in [-0.15, -0.1) is 0 Å². The summed E-state index contributed by atoms with van der Waals surface area (Å²) in [7, 11) is 0. The largest absolute Gasteiger partial charge is 0.378 e. The number of nitrogens with zero attached hydrogens (tertiary/aromatic N) is 1. The van der Waals surface area contributed by atoms with Gasteiger partial charge in [0.15, 0.2) is 0 Å². The van der Waals surface area contributed by atoms with Gasteiger partial charge in [0.1, 0.15) is 6.10 Å². The fourth-order valence-electron chi connectivity index (χ4n) is 1.53. The molecule has 1 aromatic carbocycles. The Morgan fingerprint density at radius 2 is 2.06 bits per heavy atom. The molecule has 0 radical (unpaired) electrons. The summed E-state index contributed by atoms with van der Waals surface area (Å²) in [5.74, 6) is 0.259. The number of hydrogen-bond acceptors (Lipinski definition) is 2. The normalized spacial score (nSPS) is 14.6. The van der Waals surface area contributed by atoms with Crippen LogP contribution >= 0.6 is 0 Å². The molecule has 1 rings (SSSR count). The molecule has 0 aliphatic carbocycles.